The van der Waals surface area contributed by atoms with E-state index < -0.39 is 0 Å². The molecule has 1 N–H and O–H groups in total. The van der Waals surface area contributed by atoms with E-state index in [1.165, 1.54) is 0 Å². The number of rotatable bonds is 4. The predicted octanol–water partition coefficient (Wildman–Crippen LogP) is 3.80. The topological polar surface area (TPSA) is 34.1 Å². The summed E-state index contributed by atoms with van der Waals surface area (Å²) >= 11 is 8.50. The molecule has 2 aromatic rings. The van der Waals surface area contributed by atoms with Crippen molar-refractivity contribution < 1.29 is 4.74 Å². The van der Waals surface area contributed by atoms with Crippen LogP contribution in [0.2, 0.25) is 0 Å². The van der Waals surface area contributed by atoms with Gasteiger partial charge in [0, 0.05) is 28.5 Å². The first kappa shape index (κ1) is 14.0. The highest BCUT2D eigenvalue weighted by Crippen LogP contribution is 2.14. The summed E-state index contributed by atoms with van der Waals surface area (Å²) in [5.74, 6) is 0. The van der Waals surface area contributed by atoms with Crippen molar-refractivity contribution in [3.8, 4) is 0 Å². The lowest BCUT2D eigenvalue weighted by Crippen LogP contribution is -2.15. The Morgan fingerprint density at radius 3 is 2.68 bits per heavy atom. The van der Waals surface area contributed by atoms with Crippen LogP contribution in [0, 0.1) is 0 Å². The number of benzene rings is 1. The number of pyridine rings is 1. The van der Waals surface area contributed by atoms with Gasteiger partial charge < -0.3 is 10.1 Å². The van der Waals surface area contributed by atoms with E-state index in [0.29, 0.717) is 11.8 Å². The molecule has 0 fully saturated rings. The average Bonchev–Trinajstić information content (AvgIpc) is 2.43. The lowest BCUT2D eigenvalue weighted by atomic mass is 10.3. The second kappa shape index (κ2) is 7.21. The number of aromatic nitrogens is 1. The van der Waals surface area contributed by atoms with Crippen LogP contribution >= 0.6 is 28.1 Å². The molecule has 0 aliphatic heterocycles. The van der Waals surface area contributed by atoms with Crippen molar-refractivity contribution in [2.75, 3.05) is 11.9 Å². The molecule has 1 heterocycles. The van der Waals surface area contributed by atoms with Crippen LogP contribution < -0.4 is 5.32 Å². The minimum atomic E-state index is 0.373. The molecule has 0 aliphatic carbocycles. The molecule has 5 heteroatoms. The van der Waals surface area contributed by atoms with Gasteiger partial charge in [-0.25, -0.2) is 0 Å². The predicted molar refractivity (Wildman–Crippen MR) is 84.3 cm³/mol. The summed E-state index contributed by atoms with van der Waals surface area (Å²) < 4.78 is 6.48. The molecule has 0 aliphatic rings. The van der Waals surface area contributed by atoms with Gasteiger partial charge in [-0.1, -0.05) is 22.0 Å². The maximum Gasteiger partial charge on any atom is 0.261 e. The Kier molecular flexibility index (Phi) is 5.30. The third kappa shape index (κ3) is 4.96. The summed E-state index contributed by atoms with van der Waals surface area (Å²) in [7, 11) is 0. The molecule has 2 rings (SSSR count). The molecule has 19 heavy (non-hydrogen) atoms. The summed E-state index contributed by atoms with van der Waals surface area (Å²) in [6.07, 6.45) is 2.51. The maximum atomic E-state index is 5.45. The van der Waals surface area contributed by atoms with Crippen molar-refractivity contribution >= 4 is 39.0 Å². The molecule has 1 aromatic heterocycles. The Bertz CT molecular complexity index is 531. The zero-order chi connectivity index (χ0) is 13.5. The molecule has 3 nitrogen and oxygen atoms in total. The molecule has 0 saturated carbocycles. The highest BCUT2D eigenvalue weighted by atomic mass is 79.9. The van der Waals surface area contributed by atoms with Gasteiger partial charge in [0.25, 0.3) is 5.17 Å². The molecule has 0 saturated heterocycles. The largest absolute Gasteiger partial charge is 0.470 e. The van der Waals surface area contributed by atoms with Gasteiger partial charge in [-0.2, -0.15) is 0 Å². The Hall–Kier alpha value is -1.46. The fraction of sp³-hybridized carbons (Fsp3) is 0.143. The molecule has 0 spiro atoms. The van der Waals surface area contributed by atoms with Gasteiger partial charge in [-0.05, 0) is 48.6 Å². The summed E-state index contributed by atoms with van der Waals surface area (Å²) in [5.41, 5.74) is 1.90. The number of ether oxygens (including phenoxy) is 1. The van der Waals surface area contributed by atoms with Crippen LogP contribution in [0.4, 0.5) is 5.69 Å². The van der Waals surface area contributed by atoms with E-state index in [1.54, 1.807) is 6.20 Å². The van der Waals surface area contributed by atoms with E-state index in [4.69, 9.17) is 17.0 Å². The molecule has 0 radical (unpaired) electrons. The molecule has 0 bridgehead atoms. The average molecular weight is 337 g/mol. The van der Waals surface area contributed by atoms with Crippen LogP contribution in [-0.4, -0.2) is 16.8 Å². The number of halogens is 1. The van der Waals surface area contributed by atoms with Crippen molar-refractivity contribution in [2.24, 2.45) is 0 Å². The van der Waals surface area contributed by atoms with Crippen molar-refractivity contribution in [1.82, 2.24) is 4.98 Å². The van der Waals surface area contributed by atoms with Crippen molar-refractivity contribution in [3.63, 3.8) is 0 Å². The highest BCUT2D eigenvalue weighted by Gasteiger charge is 2.00. The molecule has 98 valence electrons. The SMILES string of the molecule is S=C(Nc1ccc(Br)cc1)OCCc1ccccn1. The van der Waals surface area contributed by atoms with E-state index in [1.807, 2.05) is 42.5 Å². The second-order valence-electron chi connectivity index (χ2n) is 3.84. The molecular formula is C14H13BrN2OS. The third-order valence-electron chi connectivity index (χ3n) is 2.41. The molecule has 0 amide bonds. The Labute approximate surface area is 126 Å². The minimum absolute atomic E-state index is 0.373. The molecule has 0 unspecified atom stereocenters. The smallest absolute Gasteiger partial charge is 0.261 e. The van der Waals surface area contributed by atoms with E-state index in [2.05, 4.69) is 26.2 Å². The first-order valence-electron chi connectivity index (χ1n) is 5.83. The van der Waals surface area contributed by atoms with Crippen LogP contribution in [0.1, 0.15) is 5.69 Å². The Morgan fingerprint density at radius 1 is 1.21 bits per heavy atom. The summed E-state index contributed by atoms with van der Waals surface area (Å²) in [4.78, 5) is 4.22. The molecular weight excluding hydrogens is 324 g/mol. The fourth-order valence-electron chi connectivity index (χ4n) is 1.48. The number of anilines is 1. The van der Waals surface area contributed by atoms with Gasteiger partial charge in [-0.15, -0.1) is 0 Å². The number of nitrogens with zero attached hydrogens (tertiary/aromatic N) is 1. The number of nitrogens with one attached hydrogen (secondary N) is 1. The van der Waals surface area contributed by atoms with Crippen LogP contribution in [0.25, 0.3) is 0 Å². The quantitative estimate of drug-likeness (QED) is 0.861. The van der Waals surface area contributed by atoms with E-state index in [0.717, 1.165) is 22.3 Å². The zero-order valence-electron chi connectivity index (χ0n) is 10.2. The van der Waals surface area contributed by atoms with E-state index >= 15 is 0 Å². The zero-order valence-corrected chi connectivity index (χ0v) is 12.6. The minimum Gasteiger partial charge on any atom is -0.470 e. The standard InChI is InChI=1S/C14H13BrN2OS/c15-11-4-6-13(7-5-11)17-14(19)18-10-8-12-3-1-2-9-16-12/h1-7,9H,8,10H2,(H,17,19). The van der Waals surface area contributed by atoms with Gasteiger partial charge in [0.15, 0.2) is 0 Å². The third-order valence-corrected chi connectivity index (χ3v) is 3.16. The highest BCUT2D eigenvalue weighted by molar-refractivity contribution is 9.10. The Morgan fingerprint density at radius 2 is 2.00 bits per heavy atom. The molecule has 0 atom stereocenters. The van der Waals surface area contributed by atoms with Crippen LogP contribution in [0.5, 0.6) is 0 Å². The molecule has 1 aromatic carbocycles. The van der Waals surface area contributed by atoms with Crippen molar-refractivity contribution in [2.45, 2.75) is 6.42 Å². The lowest BCUT2D eigenvalue weighted by molar-refractivity contribution is 0.315. The van der Waals surface area contributed by atoms with Gasteiger partial charge in [0.05, 0.1) is 6.61 Å². The first-order valence-corrected chi connectivity index (χ1v) is 7.03. The number of hydrogen-bond acceptors (Lipinski definition) is 3. The van der Waals surface area contributed by atoms with Crippen LogP contribution in [0.3, 0.4) is 0 Å². The number of thiocarbonyl (C=S) groups is 1. The van der Waals surface area contributed by atoms with Gasteiger partial charge in [0.2, 0.25) is 0 Å². The Balaban J connectivity index is 1.74. The van der Waals surface area contributed by atoms with E-state index in [9.17, 15) is 0 Å². The van der Waals surface area contributed by atoms with E-state index in [-0.39, 0.29) is 0 Å². The van der Waals surface area contributed by atoms with Crippen LogP contribution in [-0.2, 0) is 11.2 Å². The fourth-order valence-corrected chi connectivity index (χ4v) is 1.95. The second-order valence-corrected chi connectivity index (χ2v) is 5.13. The normalized spacial score (nSPS) is 9.95. The summed E-state index contributed by atoms with van der Waals surface area (Å²) in [6, 6.07) is 13.6. The van der Waals surface area contributed by atoms with Crippen LogP contribution in [0.15, 0.2) is 53.1 Å². The van der Waals surface area contributed by atoms with Crippen molar-refractivity contribution in [1.29, 1.82) is 0 Å². The summed E-state index contributed by atoms with van der Waals surface area (Å²) in [6.45, 7) is 0.513. The van der Waals surface area contributed by atoms with Gasteiger partial charge in [0.1, 0.15) is 0 Å². The summed E-state index contributed by atoms with van der Waals surface area (Å²) in [5, 5.41) is 3.40. The maximum absolute atomic E-state index is 5.45. The van der Waals surface area contributed by atoms with Crippen molar-refractivity contribution in [3.05, 3.63) is 58.8 Å². The lowest BCUT2D eigenvalue weighted by Gasteiger charge is -2.09. The monoisotopic (exact) mass is 336 g/mol. The van der Waals surface area contributed by atoms with Gasteiger partial charge >= 0.3 is 0 Å². The first-order chi connectivity index (χ1) is 9.24. The number of hydrogen-bond donors (Lipinski definition) is 1. The van der Waals surface area contributed by atoms with Gasteiger partial charge in [-0.3, -0.25) is 4.98 Å².